The zero-order chi connectivity index (χ0) is 19.9. The van der Waals surface area contributed by atoms with Crippen molar-refractivity contribution in [3.05, 3.63) is 59.7 Å². The van der Waals surface area contributed by atoms with Crippen molar-refractivity contribution in [1.82, 2.24) is 5.32 Å². The van der Waals surface area contributed by atoms with Gasteiger partial charge in [-0.3, -0.25) is 9.59 Å². The number of anilines is 2. The highest BCUT2D eigenvalue weighted by Crippen LogP contribution is 2.26. The third-order valence-corrected chi connectivity index (χ3v) is 5.54. The molecule has 2 atom stereocenters. The number of hydrogen-bond donors (Lipinski definition) is 3. The van der Waals surface area contributed by atoms with Crippen LogP contribution in [0.3, 0.4) is 0 Å². The van der Waals surface area contributed by atoms with E-state index in [1.165, 1.54) is 12.8 Å². The normalized spacial score (nSPS) is 17.6. The lowest BCUT2D eigenvalue weighted by atomic mass is 9.85. The van der Waals surface area contributed by atoms with E-state index < -0.39 is 0 Å². The van der Waals surface area contributed by atoms with Crippen molar-refractivity contribution in [2.75, 3.05) is 23.7 Å². The number of benzene rings is 2. The van der Waals surface area contributed by atoms with Crippen LogP contribution in [0.1, 0.15) is 42.1 Å². The maximum atomic E-state index is 12.6. The lowest BCUT2D eigenvalue weighted by molar-refractivity contribution is -0.117. The fraction of sp³-hybridized carbons (Fsp3) is 0.391. The first kappa shape index (κ1) is 20.1. The monoisotopic (exact) mass is 379 g/mol. The van der Waals surface area contributed by atoms with Gasteiger partial charge in [0.15, 0.2) is 0 Å². The van der Waals surface area contributed by atoms with Gasteiger partial charge in [-0.15, -0.1) is 0 Å². The molecule has 3 rings (SSSR count). The molecular weight excluding hydrogens is 350 g/mol. The predicted octanol–water partition coefficient (Wildman–Crippen LogP) is 4.21. The second kappa shape index (κ2) is 9.51. The molecule has 2 amide bonds. The quantitative estimate of drug-likeness (QED) is 0.704. The van der Waals surface area contributed by atoms with E-state index >= 15 is 0 Å². The summed E-state index contributed by atoms with van der Waals surface area (Å²) in [5, 5.41) is 9.37. The molecule has 3 N–H and O–H groups in total. The predicted molar refractivity (Wildman–Crippen MR) is 114 cm³/mol. The van der Waals surface area contributed by atoms with E-state index in [-0.39, 0.29) is 11.8 Å². The molecule has 1 aliphatic heterocycles. The molecule has 0 saturated carbocycles. The standard InChI is InChI=1S/C23H29N3O2/c1-16(19-10-7-13-24-15-19)14-22(27)25-20-11-6-12-21(17(20)2)26-23(28)18-8-4-3-5-9-18/h3-6,8-9,11-12,16,19,24H,7,10,13-15H2,1-2H3,(H,25,27)(H,26,28). The number of carbonyl (C=O) groups is 2. The fourth-order valence-electron chi connectivity index (χ4n) is 3.72. The molecule has 2 unspecified atom stereocenters. The molecular formula is C23H29N3O2. The second-order valence-corrected chi connectivity index (χ2v) is 7.63. The van der Waals surface area contributed by atoms with E-state index in [2.05, 4.69) is 22.9 Å². The molecule has 5 heteroatoms. The molecule has 28 heavy (non-hydrogen) atoms. The van der Waals surface area contributed by atoms with E-state index in [0.29, 0.717) is 29.5 Å². The summed E-state index contributed by atoms with van der Waals surface area (Å²) in [6.45, 7) is 6.13. The number of piperidine rings is 1. The van der Waals surface area contributed by atoms with E-state index in [1.54, 1.807) is 12.1 Å². The van der Waals surface area contributed by atoms with Crippen LogP contribution in [0.5, 0.6) is 0 Å². The summed E-state index contributed by atoms with van der Waals surface area (Å²) in [4.78, 5) is 25.0. The van der Waals surface area contributed by atoms with Crippen LogP contribution >= 0.6 is 0 Å². The Bertz CT molecular complexity index is 814. The molecule has 0 radical (unpaired) electrons. The van der Waals surface area contributed by atoms with Crippen molar-refractivity contribution in [2.45, 2.75) is 33.1 Å². The van der Waals surface area contributed by atoms with Crippen LogP contribution < -0.4 is 16.0 Å². The maximum Gasteiger partial charge on any atom is 0.255 e. The molecule has 2 aromatic rings. The highest BCUT2D eigenvalue weighted by Gasteiger charge is 2.22. The molecule has 1 fully saturated rings. The number of hydrogen-bond acceptors (Lipinski definition) is 3. The van der Waals surface area contributed by atoms with Crippen LogP contribution in [0.4, 0.5) is 11.4 Å². The van der Waals surface area contributed by atoms with Crippen molar-refractivity contribution in [3.63, 3.8) is 0 Å². The van der Waals surface area contributed by atoms with Gasteiger partial charge < -0.3 is 16.0 Å². The molecule has 2 aromatic carbocycles. The third kappa shape index (κ3) is 5.20. The van der Waals surface area contributed by atoms with Crippen molar-refractivity contribution < 1.29 is 9.59 Å². The topological polar surface area (TPSA) is 70.2 Å². The first-order valence-electron chi connectivity index (χ1n) is 10.0. The van der Waals surface area contributed by atoms with Crippen LogP contribution in [0.15, 0.2) is 48.5 Å². The summed E-state index contributed by atoms with van der Waals surface area (Å²) < 4.78 is 0. The van der Waals surface area contributed by atoms with Crippen LogP contribution in [0.25, 0.3) is 0 Å². The smallest absolute Gasteiger partial charge is 0.255 e. The molecule has 148 valence electrons. The highest BCUT2D eigenvalue weighted by atomic mass is 16.2. The minimum Gasteiger partial charge on any atom is -0.326 e. The Kier molecular flexibility index (Phi) is 6.82. The first-order chi connectivity index (χ1) is 13.5. The average molecular weight is 380 g/mol. The van der Waals surface area contributed by atoms with Gasteiger partial charge in [-0.1, -0.05) is 31.2 Å². The molecule has 1 saturated heterocycles. The van der Waals surface area contributed by atoms with Crippen molar-refractivity contribution in [1.29, 1.82) is 0 Å². The van der Waals surface area contributed by atoms with Gasteiger partial charge in [0.1, 0.15) is 0 Å². The summed E-state index contributed by atoms with van der Waals surface area (Å²) in [6.07, 6.45) is 2.87. The average Bonchev–Trinajstić information content (AvgIpc) is 2.72. The minimum atomic E-state index is -0.161. The van der Waals surface area contributed by atoms with Crippen molar-refractivity contribution >= 4 is 23.2 Å². The summed E-state index contributed by atoms with van der Waals surface area (Å²) in [5.74, 6) is 0.754. The van der Waals surface area contributed by atoms with Crippen LogP contribution in [0, 0.1) is 18.8 Å². The zero-order valence-electron chi connectivity index (χ0n) is 16.6. The van der Waals surface area contributed by atoms with Crippen LogP contribution in [-0.2, 0) is 4.79 Å². The Labute approximate surface area is 166 Å². The second-order valence-electron chi connectivity index (χ2n) is 7.63. The van der Waals surface area contributed by atoms with Crippen molar-refractivity contribution in [2.24, 2.45) is 11.8 Å². The number of rotatable bonds is 6. The van der Waals surface area contributed by atoms with Gasteiger partial charge in [0.05, 0.1) is 0 Å². The van der Waals surface area contributed by atoms with Gasteiger partial charge in [0, 0.05) is 23.4 Å². The van der Waals surface area contributed by atoms with Gasteiger partial charge in [-0.25, -0.2) is 0 Å². The minimum absolute atomic E-state index is 0.0210. The Morgan fingerprint density at radius 3 is 2.46 bits per heavy atom. The third-order valence-electron chi connectivity index (χ3n) is 5.54. The lowest BCUT2D eigenvalue weighted by Crippen LogP contribution is -2.34. The van der Waals surface area contributed by atoms with Gasteiger partial charge in [0.2, 0.25) is 5.91 Å². The summed E-state index contributed by atoms with van der Waals surface area (Å²) in [7, 11) is 0. The Morgan fingerprint density at radius 1 is 1.07 bits per heavy atom. The van der Waals surface area contributed by atoms with Crippen molar-refractivity contribution in [3.8, 4) is 0 Å². The van der Waals surface area contributed by atoms with Crippen LogP contribution in [-0.4, -0.2) is 24.9 Å². The van der Waals surface area contributed by atoms with E-state index in [1.807, 2.05) is 43.3 Å². The lowest BCUT2D eigenvalue weighted by Gasteiger charge is -2.28. The molecule has 0 aromatic heterocycles. The highest BCUT2D eigenvalue weighted by molar-refractivity contribution is 6.05. The summed E-state index contributed by atoms with van der Waals surface area (Å²) >= 11 is 0. The summed E-state index contributed by atoms with van der Waals surface area (Å²) in [6, 6.07) is 14.7. The molecule has 0 aliphatic carbocycles. The van der Waals surface area contributed by atoms with E-state index in [0.717, 1.165) is 24.3 Å². The number of amides is 2. The largest absolute Gasteiger partial charge is 0.326 e. The molecule has 1 aliphatic rings. The molecule has 5 nitrogen and oxygen atoms in total. The SMILES string of the molecule is Cc1c(NC(=O)CC(C)C2CCCNC2)cccc1NC(=O)c1ccccc1. The van der Waals surface area contributed by atoms with Gasteiger partial charge in [0.25, 0.3) is 5.91 Å². The molecule has 1 heterocycles. The Morgan fingerprint density at radius 2 is 1.79 bits per heavy atom. The van der Waals surface area contributed by atoms with Gasteiger partial charge in [-0.2, -0.15) is 0 Å². The molecule has 0 bridgehead atoms. The first-order valence-corrected chi connectivity index (χ1v) is 10.0. The zero-order valence-corrected chi connectivity index (χ0v) is 16.6. The fourth-order valence-corrected chi connectivity index (χ4v) is 3.72. The van der Waals surface area contributed by atoms with Crippen LogP contribution in [0.2, 0.25) is 0 Å². The maximum absolute atomic E-state index is 12.6. The Hall–Kier alpha value is -2.66. The van der Waals surface area contributed by atoms with Gasteiger partial charge >= 0.3 is 0 Å². The van der Waals surface area contributed by atoms with E-state index in [4.69, 9.17) is 0 Å². The number of carbonyl (C=O) groups excluding carboxylic acids is 2. The summed E-state index contributed by atoms with van der Waals surface area (Å²) in [5.41, 5.74) is 2.90. The van der Waals surface area contributed by atoms with E-state index in [9.17, 15) is 9.59 Å². The number of nitrogens with one attached hydrogen (secondary N) is 3. The molecule has 0 spiro atoms. The van der Waals surface area contributed by atoms with Gasteiger partial charge in [-0.05, 0) is 74.5 Å². The Balaban J connectivity index is 1.62.